The van der Waals surface area contributed by atoms with E-state index in [0.29, 0.717) is 28.1 Å². The topological polar surface area (TPSA) is 95.3 Å². The first-order valence-electron chi connectivity index (χ1n) is 12.1. The zero-order chi connectivity index (χ0) is 27.2. The highest BCUT2D eigenvalue weighted by atomic mass is 32.2. The highest BCUT2D eigenvalue weighted by molar-refractivity contribution is 7.99. The van der Waals surface area contributed by atoms with E-state index in [0.717, 1.165) is 28.0 Å². The van der Waals surface area contributed by atoms with Crippen molar-refractivity contribution in [2.24, 2.45) is 0 Å². The normalized spacial score (nSPS) is 10.9. The number of carbonyl (C=O) groups excluding carboxylic acids is 2. The number of nitrogens with zero attached hydrogens (tertiary/aromatic N) is 3. The number of rotatable bonds is 10. The number of nitrogens with one attached hydrogen (secondary N) is 1. The molecule has 4 rings (SSSR count). The first-order chi connectivity index (χ1) is 18.3. The summed E-state index contributed by atoms with van der Waals surface area (Å²) in [5, 5.41) is 14.4. The number of aryl methyl sites for hydroxylation is 3. The lowest BCUT2D eigenvalue weighted by Crippen LogP contribution is -2.16. The van der Waals surface area contributed by atoms with Gasteiger partial charge in [-0.15, -0.1) is 21.5 Å². The minimum absolute atomic E-state index is 0.106. The monoisotopic (exact) mass is 550 g/mol. The van der Waals surface area contributed by atoms with Gasteiger partial charge in [0.1, 0.15) is 22.9 Å². The highest BCUT2D eigenvalue weighted by Crippen LogP contribution is 2.36. The fourth-order valence-corrected chi connectivity index (χ4v) is 5.74. The molecule has 0 aliphatic carbocycles. The molecular formula is C28H30N4O4S2. The second-order valence-corrected chi connectivity index (χ2v) is 10.6. The Hall–Kier alpha value is -3.63. The standard InChI is InChI=1S/C28H30N4O4S2/c1-6-32-23(14-36-22-12-9-18(3)13-19(22)4)30-31-28(32)38-16-24(33)29-26-25(27(34)35-5)21(15-37-26)20-10-7-17(2)8-11-20/h7-13,15H,6,14,16H2,1-5H3,(H,29,33). The zero-order valence-corrected chi connectivity index (χ0v) is 23.7. The summed E-state index contributed by atoms with van der Waals surface area (Å²) < 4.78 is 12.9. The van der Waals surface area contributed by atoms with Gasteiger partial charge < -0.3 is 19.4 Å². The largest absolute Gasteiger partial charge is 0.485 e. The molecule has 8 nitrogen and oxygen atoms in total. The highest BCUT2D eigenvalue weighted by Gasteiger charge is 2.23. The van der Waals surface area contributed by atoms with Crippen LogP contribution in [0.2, 0.25) is 0 Å². The van der Waals surface area contributed by atoms with Crippen LogP contribution in [-0.2, 0) is 22.7 Å². The molecule has 1 N–H and O–H groups in total. The van der Waals surface area contributed by atoms with E-state index in [9.17, 15) is 9.59 Å². The molecule has 2 heterocycles. The molecular weight excluding hydrogens is 520 g/mol. The molecule has 10 heteroatoms. The van der Waals surface area contributed by atoms with Gasteiger partial charge in [-0.25, -0.2) is 4.79 Å². The number of amides is 1. The Kier molecular flexibility index (Phi) is 8.85. The third-order valence-corrected chi connectivity index (χ3v) is 7.79. The number of carbonyl (C=O) groups is 2. The van der Waals surface area contributed by atoms with Crippen LogP contribution >= 0.6 is 23.1 Å². The van der Waals surface area contributed by atoms with Crippen molar-refractivity contribution in [1.82, 2.24) is 14.8 Å². The third-order valence-electron chi connectivity index (χ3n) is 5.93. The summed E-state index contributed by atoms with van der Waals surface area (Å²) >= 11 is 2.58. The molecule has 2 aromatic heterocycles. The van der Waals surface area contributed by atoms with E-state index in [1.807, 2.05) is 74.0 Å². The summed E-state index contributed by atoms with van der Waals surface area (Å²) in [5.41, 5.74) is 5.31. The second kappa shape index (κ2) is 12.3. The first-order valence-corrected chi connectivity index (χ1v) is 14.0. The lowest BCUT2D eigenvalue weighted by atomic mass is 10.0. The molecule has 0 radical (unpaired) electrons. The number of esters is 1. The Morgan fingerprint density at radius 1 is 1.05 bits per heavy atom. The molecule has 198 valence electrons. The van der Waals surface area contributed by atoms with Gasteiger partial charge in [-0.3, -0.25) is 4.79 Å². The van der Waals surface area contributed by atoms with Gasteiger partial charge in [0, 0.05) is 17.5 Å². The molecule has 0 spiro atoms. The van der Waals surface area contributed by atoms with E-state index in [2.05, 4.69) is 21.6 Å². The fraction of sp³-hybridized carbons (Fsp3) is 0.286. The van der Waals surface area contributed by atoms with Crippen LogP contribution in [0, 0.1) is 20.8 Å². The van der Waals surface area contributed by atoms with E-state index in [1.54, 1.807) is 0 Å². The van der Waals surface area contributed by atoms with Gasteiger partial charge in [-0.1, -0.05) is 59.3 Å². The van der Waals surface area contributed by atoms with Crippen LogP contribution in [-0.4, -0.2) is 39.5 Å². The summed E-state index contributed by atoms with van der Waals surface area (Å²) in [4.78, 5) is 25.5. The van der Waals surface area contributed by atoms with Crippen LogP contribution in [0.25, 0.3) is 11.1 Å². The molecule has 0 aliphatic heterocycles. The summed E-state index contributed by atoms with van der Waals surface area (Å²) in [6.45, 7) is 8.96. The van der Waals surface area contributed by atoms with Crippen molar-refractivity contribution in [2.75, 3.05) is 18.2 Å². The minimum Gasteiger partial charge on any atom is -0.485 e. The van der Waals surface area contributed by atoms with Crippen molar-refractivity contribution < 1.29 is 19.1 Å². The van der Waals surface area contributed by atoms with E-state index in [-0.39, 0.29) is 18.3 Å². The van der Waals surface area contributed by atoms with Crippen LogP contribution in [0.4, 0.5) is 5.00 Å². The smallest absolute Gasteiger partial charge is 0.341 e. The van der Waals surface area contributed by atoms with Gasteiger partial charge in [0.15, 0.2) is 11.0 Å². The van der Waals surface area contributed by atoms with Crippen molar-refractivity contribution in [2.45, 2.75) is 46.0 Å². The Bertz CT molecular complexity index is 1440. The Labute approximate surface area is 230 Å². The molecule has 0 aliphatic rings. The SMILES string of the molecule is CCn1c(COc2ccc(C)cc2C)nnc1SCC(=O)Nc1scc(-c2ccc(C)cc2)c1C(=O)OC. The predicted molar refractivity (Wildman–Crippen MR) is 151 cm³/mol. The summed E-state index contributed by atoms with van der Waals surface area (Å²) in [7, 11) is 1.33. The molecule has 0 unspecified atom stereocenters. The van der Waals surface area contributed by atoms with Crippen molar-refractivity contribution >= 4 is 40.0 Å². The minimum atomic E-state index is -0.496. The first kappa shape index (κ1) is 27.4. The maximum atomic E-state index is 12.9. The third kappa shape index (κ3) is 6.25. The van der Waals surface area contributed by atoms with Crippen LogP contribution in [0.3, 0.4) is 0 Å². The van der Waals surface area contributed by atoms with Crippen LogP contribution in [0.1, 0.15) is 39.8 Å². The number of thiophene rings is 1. The van der Waals surface area contributed by atoms with E-state index in [4.69, 9.17) is 9.47 Å². The lowest BCUT2D eigenvalue weighted by Gasteiger charge is -2.11. The van der Waals surface area contributed by atoms with E-state index in [1.165, 1.54) is 35.8 Å². The van der Waals surface area contributed by atoms with Gasteiger partial charge in [0.25, 0.3) is 0 Å². The molecule has 0 atom stereocenters. The Balaban J connectivity index is 1.43. The van der Waals surface area contributed by atoms with Crippen molar-refractivity contribution in [3.8, 4) is 16.9 Å². The number of hydrogen-bond acceptors (Lipinski definition) is 8. The van der Waals surface area contributed by atoms with Crippen LogP contribution in [0.5, 0.6) is 5.75 Å². The maximum absolute atomic E-state index is 12.9. The summed E-state index contributed by atoms with van der Waals surface area (Å²) in [6.07, 6.45) is 0. The molecule has 4 aromatic rings. The average Bonchev–Trinajstić information content (AvgIpc) is 3.50. The van der Waals surface area contributed by atoms with Crippen molar-refractivity contribution in [3.63, 3.8) is 0 Å². The molecule has 1 amide bonds. The molecule has 0 saturated carbocycles. The number of thioether (sulfide) groups is 1. The number of hydrogen-bond donors (Lipinski definition) is 1. The quantitative estimate of drug-likeness (QED) is 0.190. The van der Waals surface area contributed by atoms with Gasteiger partial charge >= 0.3 is 5.97 Å². The predicted octanol–water partition coefficient (Wildman–Crippen LogP) is 6.05. The van der Waals surface area contributed by atoms with Gasteiger partial charge in [-0.05, 0) is 44.9 Å². The fourth-order valence-electron chi connectivity index (χ4n) is 3.95. The Morgan fingerprint density at radius 3 is 2.47 bits per heavy atom. The van der Waals surface area contributed by atoms with E-state index >= 15 is 0 Å². The molecule has 38 heavy (non-hydrogen) atoms. The number of aromatic nitrogens is 3. The number of ether oxygens (including phenoxy) is 2. The number of anilines is 1. The zero-order valence-electron chi connectivity index (χ0n) is 22.0. The molecule has 2 aromatic carbocycles. The summed E-state index contributed by atoms with van der Waals surface area (Å²) in [5.74, 6) is 0.843. The van der Waals surface area contributed by atoms with Gasteiger partial charge in [0.05, 0.1) is 12.9 Å². The second-order valence-electron chi connectivity index (χ2n) is 8.75. The average molecular weight is 551 g/mol. The van der Waals surface area contributed by atoms with Gasteiger partial charge in [0.2, 0.25) is 5.91 Å². The molecule has 0 bridgehead atoms. The lowest BCUT2D eigenvalue weighted by molar-refractivity contribution is -0.113. The molecule has 0 saturated heterocycles. The van der Waals surface area contributed by atoms with E-state index < -0.39 is 5.97 Å². The van der Waals surface area contributed by atoms with Gasteiger partial charge in [-0.2, -0.15) is 0 Å². The van der Waals surface area contributed by atoms with Crippen molar-refractivity contribution in [3.05, 3.63) is 75.9 Å². The van der Waals surface area contributed by atoms with Crippen molar-refractivity contribution in [1.29, 1.82) is 0 Å². The maximum Gasteiger partial charge on any atom is 0.341 e. The van der Waals surface area contributed by atoms with Crippen LogP contribution in [0.15, 0.2) is 53.0 Å². The number of benzene rings is 2. The molecule has 0 fully saturated rings. The number of methoxy groups -OCH3 is 1. The summed E-state index contributed by atoms with van der Waals surface area (Å²) in [6, 6.07) is 13.9. The van der Waals surface area contributed by atoms with Crippen LogP contribution < -0.4 is 10.1 Å². The Morgan fingerprint density at radius 2 is 1.79 bits per heavy atom.